The van der Waals surface area contributed by atoms with Gasteiger partial charge in [0.2, 0.25) is 21.8 Å². The molecule has 3 heterocycles. The molecule has 4 aliphatic rings. The van der Waals surface area contributed by atoms with Crippen molar-refractivity contribution in [3.8, 4) is 6.01 Å². The second kappa shape index (κ2) is 14.1. The number of ether oxygens (including phenoxy) is 1. The Morgan fingerprint density at radius 2 is 1.79 bits per heavy atom. The summed E-state index contributed by atoms with van der Waals surface area (Å²) in [5.41, 5.74) is 1.75. The van der Waals surface area contributed by atoms with E-state index in [2.05, 4.69) is 10.0 Å². The smallest absolute Gasteiger partial charge is 0.297 e. The number of para-hydroxylation sites is 2. The van der Waals surface area contributed by atoms with Gasteiger partial charge in [-0.1, -0.05) is 44.2 Å². The van der Waals surface area contributed by atoms with Gasteiger partial charge in [0.25, 0.3) is 6.01 Å². The maximum atomic E-state index is 14.6. The number of amides is 2. The number of aromatic nitrogens is 2. The fourth-order valence-corrected chi connectivity index (χ4v) is 9.67. The lowest BCUT2D eigenvalue weighted by atomic mass is 9.90. The van der Waals surface area contributed by atoms with Crippen molar-refractivity contribution in [1.29, 1.82) is 0 Å². The van der Waals surface area contributed by atoms with Gasteiger partial charge in [0.15, 0.2) is 5.78 Å². The van der Waals surface area contributed by atoms with Crippen LogP contribution in [0.15, 0.2) is 42.5 Å². The molecular weight excluding hydrogens is 686 g/mol. The molecule has 11 nitrogen and oxygen atoms in total. The fraction of sp³-hybridized carbons (Fsp3) is 0.590. The first-order valence-corrected chi connectivity index (χ1v) is 20.4. The average Bonchev–Trinajstić information content (AvgIpc) is 3.92. The molecule has 2 saturated carbocycles. The van der Waals surface area contributed by atoms with Crippen LogP contribution in [-0.2, 0) is 31.0 Å². The lowest BCUT2D eigenvalue weighted by Gasteiger charge is -2.30. The van der Waals surface area contributed by atoms with Crippen LogP contribution in [-0.4, -0.2) is 69.9 Å². The van der Waals surface area contributed by atoms with Crippen molar-refractivity contribution in [1.82, 2.24) is 19.2 Å². The zero-order valence-corrected chi connectivity index (χ0v) is 31.1. The van der Waals surface area contributed by atoms with E-state index in [1.54, 1.807) is 24.8 Å². The third-order valence-corrected chi connectivity index (χ3v) is 14.0. The first-order chi connectivity index (χ1) is 24.8. The molecule has 2 aliphatic carbocycles. The Morgan fingerprint density at radius 3 is 2.52 bits per heavy atom. The van der Waals surface area contributed by atoms with Crippen molar-refractivity contribution in [3.05, 3.63) is 53.8 Å². The summed E-state index contributed by atoms with van der Waals surface area (Å²) >= 11 is 0. The number of nitrogens with one attached hydrogen (secondary N) is 2. The number of fused-ring (bicyclic) bond motifs is 3. The quantitative estimate of drug-likeness (QED) is 0.286. The highest BCUT2D eigenvalue weighted by Gasteiger charge is 2.63. The van der Waals surface area contributed by atoms with Crippen molar-refractivity contribution in [2.24, 2.45) is 11.3 Å². The first-order valence-electron chi connectivity index (χ1n) is 18.9. The Labute approximate surface area is 305 Å². The molecule has 0 spiro atoms. The van der Waals surface area contributed by atoms with Gasteiger partial charge in [-0.15, -0.1) is 0 Å². The number of nitrogens with zero attached hydrogens (tertiary/aromatic N) is 3. The van der Waals surface area contributed by atoms with Crippen molar-refractivity contribution in [2.45, 2.75) is 127 Å². The standard InChI is InChI=1S/C39H50FN5O6S/c1-4-44-32-15-11-10-13-30(32)42-37(44)51-29-21-33-34(46)23-39(36(48)43-52(49,50)38(3)16-17-38)22-26(39)12-8-6-5-7-9-14-31(35(47)45(33)24-29)41-28-19-25(2)18-27(40)20-28/h10-11,13,15,18-20,26,29,31,33,41H,4-9,12,14,16-17,21-24H2,1-3H3,(H,43,48)/t26-,29+,31-,33-,39+/m0/s1. The minimum atomic E-state index is -3.90. The van der Waals surface area contributed by atoms with Crippen molar-refractivity contribution in [3.63, 3.8) is 0 Å². The Hall–Kier alpha value is -4.00. The van der Waals surface area contributed by atoms with Crippen LogP contribution in [0.25, 0.3) is 11.0 Å². The predicted molar refractivity (Wildman–Crippen MR) is 196 cm³/mol. The Morgan fingerprint density at radius 1 is 1.06 bits per heavy atom. The zero-order valence-electron chi connectivity index (χ0n) is 30.3. The van der Waals surface area contributed by atoms with Gasteiger partial charge in [0, 0.05) is 25.1 Å². The van der Waals surface area contributed by atoms with E-state index in [0.29, 0.717) is 49.5 Å². The van der Waals surface area contributed by atoms with Gasteiger partial charge >= 0.3 is 0 Å². The largest absolute Gasteiger partial charge is 0.459 e. The molecule has 1 aromatic heterocycles. The number of ketones is 1. The summed E-state index contributed by atoms with van der Waals surface area (Å²) in [4.78, 5) is 49.4. The molecule has 2 N–H and O–H groups in total. The number of rotatable bonds is 8. The third-order valence-electron chi connectivity index (χ3n) is 11.9. The summed E-state index contributed by atoms with van der Waals surface area (Å²) in [6.45, 7) is 6.15. The van der Waals surface area contributed by atoms with Gasteiger partial charge in [0.1, 0.15) is 18.0 Å². The van der Waals surface area contributed by atoms with E-state index in [1.807, 2.05) is 35.8 Å². The number of hydrogen-bond acceptors (Lipinski definition) is 8. The highest BCUT2D eigenvalue weighted by molar-refractivity contribution is 7.91. The summed E-state index contributed by atoms with van der Waals surface area (Å²) in [5, 5.41) is 3.29. The molecule has 280 valence electrons. The summed E-state index contributed by atoms with van der Waals surface area (Å²) in [6.07, 6.45) is 6.50. The first kappa shape index (κ1) is 36.4. The molecule has 0 bridgehead atoms. The molecule has 4 fully saturated rings. The van der Waals surface area contributed by atoms with Crippen LogP contribution in [0.5, 0.6) is 6.01 Å². The third kappa shape index (κ3) is 7.17. The fourth-order valence-electron chi connectivity index (χ4n) is 8.33. The average molecular weight is 736 g/mol. The SMILES string of the molecule is CCn1c(O[C@@H]2C[C@H]3C(=O)C[C@]4(C(=O)NS(=O)(=O)C5(C)CC5)C[C@@H]4CCCCCCC[C@H](Nc4cc(C)cc(F)c4)C(=O)N3C2)nc2ccccc21. The molecule has 2 amide bonds. The zero-order chi connectivity index (χ0) is 36.8. The number of sulfonamides is 1. The van der Waals surface area contributed by atoms with Crippen LogP contribution in [0.2, 0.25) is 0 Å². The van der Waals surface area contributed by atoms with E-state index in [-0.39, 0.29) is 37.0 Å². The molecule has 2 saturated heterocycles. The highest BCUT2D eigenvalue weighted by Crippen LogP contribution is 2.59. The second-order valence-electron chi connectivity index (χ2n) is 15.8. The lowest BCUT2D eigenvalue weighted by molar-refractivity contribution is -0.139. The van der Waals surface area contributed by atoms with E-state index in [0.717, 1.165) is 49.6 Å². The minimum Gasteiger partial charge on any atom is -0.459 e. The Bertz CT molecular complexity index is 1960. The van der Waals surface area contributed by atoms with Gasteiger partial charge in [-0.2, -0.15) is 4.98 Å². The van der Waals surface area contributed by atoms with Crippen LogP contribution in [0, 0.1) is 24.1 Å². The van der Waals surface area contributed by atoms with E-state index < -0.39 is 50.1 Å². The molecule has 0 radical (unpaired) electrons. The monoisotopic (exact) mass is 735 g/mol. The van der Waals surface area contributed by atoms with Crippen LogP contribution in [0.4, 0.5) is 10.1 Å². The molecule has 2 aromatic carbocycles. The Kier molecular flexibility index (Phi) is 9.86. The molecule has 52 heavy (non-hydrogen) atoms. The lowest BCUT2D eigenvalue weighted by Crippen LogP contribution is -2.49. The maximum absolute atomic E-state index is 14.6. The minimum absolute atomic E-state index is 0.114. The highest BCUT2D eigenvalue weighted by atomic mass is 32.2. The molecule has 0 unspecified atom stereocenters. The van der Waals surface area contributed by atoms with Gasteiger partial charge in [-0.05, 0) is 94.7 Å². The summed E-state index contributed by atoms with van der Waals surface area (Å²) < 4.78 is 50.7. The topological polar surface area (TPSA) is 140 Å². The van der Waals surface area contributed by atoms with Crippen LogP contribution in [0.3, 0.4) is 0 Å². The molecule has 2 aliphatic heterocycles. The molecular formula is C39H50FN5O6S. The van der Waals surface area contributed by atoms with Gasteiger partial charge in [0.05, 0.1) is 33.8 Å². The normalized spacial score (nSPS) is 28.0. The van der Waals surface area contributed by atoms with E-state index in [1.165, 1.54) is 12.1 Å². The number of carbonyl (C=O) groups is 3. The van der Waals surface area contributed by atoms with Gasteiger partial charge in [-0.3, -0.25) is 23.7 Å². The van der Waals surface area contributed by atoms with Crippen molar-refractivity contribution < 1.29 is 31.9 Å². The molecule has 13 heteroatoms. The van der Waals surface area contributed by atoms with E-state index in [9.17, 15) is 27.2 Å². The van der Waals surface area contributed by atoms with Gasteiger partial charge in [-0.25, -0.2) is 12.8 Å². The van der Waals surface area contributed by atoms with Crippen LogP contribution < -0.4 is 14.8 Å². The number of aryl methyl sites for hydroxylation is 2. The number of halogens is 1. The van der Waals surface area contributed by atoms with Crippen molar-refractivity contribution in [2.75, 3.05) is 11.9 Å². The number of Topliss-reactive ketones (excluding diaryl/α,β-unsaturated/α-hetero) is 1. The summed E-state index contributed by atoms with van der Waals surface area (Å²) in [5.74, 6) is -1.71. The second-order valence-corrected chi connectivity index (χ2v) is 18.0. The molecule has 3 aromatic rings. The number of benzene rings is 2. The molecule has 5 atom stereocenters. The maximum Gasteiger partial charge on any atom is 0.297 e. The number of imidazole rings is 1. The van der Waals surface area contributed by atoms with Crippen LogP contribution >= 0.6 is 0 Å². The number of carbonyl (C=O) groups excluding carboxylic acids is 3. The van der Waals surface area contributed by atoms with Crippen LogP contribution in [0.1, 0.15) is 96.5 Å². The van der Waals surface area contributed by atoms with Gasteiger partial charge < -0.3 is 15.0 Å². The van der Waals surface area contributed by atoms with Crippen molar-refractivity contribution >= 4 is 44.3 Å². The van der Waals surface area contributed by atoms with E-state index >= 15 is 0 Å². The Balaban J connectivity index is 1.20. The predicted octanol–water partition coefficient (Wildman–Crippen LogP) is 6.04. The number of anilines is 1. The molecule has 7 rings (SSSR count). The number of hydrogen-bond donors (Lipinski definition) is 2. The van der Waals surface area contributed by atoms with E-state index in [4.69, 9.17) is 9.72 Å². The summed E-state index contributed by atoms with van der Waals surface area (Å²) in [6, 6.07) is 11.1. The summed E-state index contributed by atoms with van der Waals surface area (Å²) in [7, 11) is -3.90.